The van der Waals surface area contributed by atoms with Crippen molar-refractivity contribution in [1.82, 2.24) is 4.98 Å². The number of aromatic nitrogens is 1. The molecule has 1 aromatic carbocycles. The molecule has 0 saturated heterocycles. The van der Waals surface area contributed by atoms with Gasteiger partial charge in [-0.2, -0.15) is 0 Å². The number of hydrogen-bond acceptors (Lipinski definition) is 6. The van der Waals surface area contributed by atoms with Crippen molar-refractivity contribution in [2.75, 3.05) is 19.5 Å². The molecule has 0 saturated carbocycles. The zero-order valence-corrected chi connectivity index (χ0v) is 14.7. The van der Waals surface area contributed by atoms with Gasteiger partial charge in [-0.25, -0.2) is 9.59 Å². The van der Waals surface area contributed by atoms with E-state index in [1.165, 1.54) is 19.2 Å². The van der Waals surface area contributed by atoms with Crippen molar-refractivity contribution in [2.24, 2.45) is 0 Å². The predicted molar refractivity (Wildman–Crippen MR) is 97.7 cm³/mol. The molecular formula is C18H18N2O7. The van der Waals surface area contributed by atoms with Gasteiger partial charge in [0, 0.05) is 11.1 Å². The Bertz CT molecular complexity index is 992. The standard InChI is InChI=1S/C18H18N2O7/c1-8(2)7-27-14-9(5-4-6-10(14)26-3)11-12(17(22)23)15(19)20-16(21)13(11)18(24)25/h4-6H,1,7H2,2-3H3,(H,22,23)(H,24,25)(H3,19,20,21). The highest BCUT2D eigenvalue weighted by Gasteiger charge is 2.29. The van der Waals surface area contributed by atoms with E-state index in [1.807, 2.05) is 0 Å². The number of methoxy groups -OCH3 is 1. The number of carboxylic acid groups (broad SMARTS) is 2. The Labute approximate surface area is 153 Å². The Balaban J connectivity index is 2.97. The minimum absolute atomic E-state index is 0.0446. The molecule has 0 atom stereocenters. The molecule has 9 heteroatoms. The summed E-state index contributed by atoms with van der Waals surface area (Å²) < 4.78 is 10.9. The van der Waals surface area contributed by atoms with Crippen LogP contribution < -0.4 is 20.8 Å². The van der Waals surface area contributed by atoms with Gasteiger partial charge in [0.25, 0.3) is 5.56 Å². The fraction of sp³-hybridized carbons (Fsp3) is 0.167. The number of anilines is 1. The van der Waals surface area contributed by atoms with Crippen LogP contribution in [0.25, 0.3) is 11.1 Å². The molecule has 0 amide bonds. The fourth-order valence-corrected chi connectivity index (χ4v) is 2.53. The number of carboxylic acids is 2. The summed E-state index contributed by atoms with van der Waals surface area (Å²) in [7, 11) is 1.37. The van der Waals surface area contributed by atoms with E-state index in [2.05, 4.69) is 11.6 Å². The molecule has 1 aromatic heterocycles. The molecule has 2 rings (SSSR count). The van der Waals surface area contributed by atoms with Crippen molar-refractivity contribution in [3.8, 4) is 22.6 Å². The minimum Gasteiger partial charge on any atom is -0.493 e. The zero-order valence-electron chi connectivity index (χ0n) is 14.7. The molecule has 2 aromatic rings. The number of para-hydroxylation sites is 1. The lowest BCUT2D eigenvalue weighted by atomic mass is 9.94. The highest BCUT2D eigenvalue weighted by Crippen LogP contribution is 2.41. The number of aromatic amines is 1. The van der Waals surface area contributed by atoms with E-state index in [0.29, 0.717) is 5.57 Å². The molecule has 142 valence electrons. The summed E-state index contributed by atoms with van der Waals surface area (Å²) in [5, 5.41) is 19.1. The van der Waals surface area contributed by atoms with Gasteiger partial charge in [0.05, 0.1) is 7.11 Å². The van der Waals surface area contributed by atoms with Gasteiger partial charge in [-0.15, -0.1) is 0 Å². The number of H-pyrrole nitrogens is 1. The van der Waals surface area contributed by atoms with Crippen LogP contribution in [0, 0.1) is 0 Å². The van der Waals surface area contributed by atoms with Crippen LogP contribution in [0.2, 0.25) is 0 Å². The van der Waals surface area contributed by atoms with E-state index >= 15 is 0 Å². The maximum absolute atomic E-state index is 12.2. The van der Waals surface area contributed by atoms with Crippen LogP contribution in [0.1, 0.15) is 27.6 Å². The van der Waals surface area contributed by atoms with Crippen LogP contribution in [-0.2, 0) is 0 Å². The maximum atomic E-state index is 12.2. The van der Waals surface area contributed by atoms with Crippen molar-refractivity contribution >= 4 is 17.8 Å². The van der Waals surface area contributed by atoms with Crippen LogP contribution in [0.15, 0.2) is 35.1 Å². The lowest BCUT2D eigenvalue weighted by molar-refractivity contribution is 0.0695. The van der Waals surface area contributed by atoms with E-state index in [-0.39, 0.29) is 29.2 Å². The smallest absolute Gasteiger partial charge is 0.342 e. The van der Waals surface area contributed by atoms with Crippen molar-refractivity contribution in [1.29, 1.82) is 0 Å². The summed E-state index contributed by atoms with van der Waals surface area (Å²) in [5.74, 6) is -3.29. The number of ether oxygens (including phenoxy) is 2. The van der Waals surface area contributed by atoms with Crippen LogP contribution in [0.4, 0.5) is 5.82 Å². The highest BCUT2D eigenvalue weighted by atomic mass is 16.5. The molecule has 0 bridgehead atoms. The third-order valence-corrected chi connectivity index (χ3v) is 3.60. The number of nitrogens with one attached hydrogen (secondary N) is 1. The number of rotatable bonds is 7. The largest absolute Gasteiger partial charge is 0.493 e. The Kier molecular flexibility index (Phi) is 5.54. The van der Waals surface area contributed by atoms with Gasteiger partial charge in [-0.1, -0.05) is 18.7 Å². The first-order valence-electron chi connectivity index (χ1n) is 7.65. The van der Waals surface area contributed by atoms with Gasteiger partial charge in [0.15, 0.2) is 11.5 Å². The molecule has 0 unspecified atom stereocenters. The monoisotopic (exact) mass is 374 g/mol. The highest BCUT2D eigenvalue weighted by molar-refractivity contribution is 6.08. The first kappa shape index (κ1) is 19.6. The van der Waals surface area contributed by atoms with Crippen LogP contribution in [-0.4, -0.2) is 40.9 Å². The van der Waals surface area contributed by atoms with Gasteiger partial charge in [-0.3, -0.25) is 4.79 Å². The Morgan fingerprint density at radius 3 is 2.37 bits per heavy atom. The van der Waals surface area contributed by atoms with Crippen molar-refractivity contribution in [3.05, 3.63) is 51.8 Å². The normalized spacial score (nSPS) is 10.3. The second kappa shape index (κ2) is 7.65. The molecule has 0 aliphatic carbocycles. The molecular weight excluding hydrogens is 356 g/mol. The third kappa shape index (κ3) is 3.76. The average Bonchev–Trinajstić information content (AvgIpc) is 2.57. The first-order chi connectivity index (χ1) is 12.7. The predicted octanol–water partition coefficient (Wildman–Crippen LogP) is 1.98. The quantitative estimate of drug-likeness (QED) is 0.537. The van der Waals surface area contributed by atoms with Gasteiger partial charge < -0.3 is 30.4 Å². The van der Waals surface area contributed by atoms with Crippen LogP contribution >= 0.6 is 0 Å². The summed E-state index contributed by atoms with van der Waals surface area (Å²) in [4.78, 5) is 37.7. The first-order valence-corrected chi connectivity index (χ1v) is 7.65. The summed E-state index contributed by atoms with van der Waals surface area (Å²) in [6.45, 7) is 5.50. The molecule has 0 fully saturated rings. The number of nitrogen functional groups attached to an aromatic ring is 1. The molecule has 1 heterocycles. The van der Waals surface area contributed by atoms with Gasteiger partial charge >= 0.3 is 11.9 Å². The molecule has 27 heavy (non-hydrogen) atoms. The fourth-order valence-electron chi connectivity index (χ4n) is 2.53. The molecule has 0 radical (unpaired) electrons. The number of pyridine rings is 1. The Morgan fingerprint density at radius 1 is 1.22 bits per heavy atom. The van der Waals surface area contributed by atoms with Gasteiger partial charge in [-0.05, 0) is 18.6 Å². The van der Waals surface area contributed by atoms with Gasteiger partial charge in [0.1, 0.15) is 23.6 Å². The van der Waals surface area contributed by atoms with E-state index in [0.717, 1.165) is 0 Å². The van der Waals surface area contributed by atoms with E-state index in [1.54, 1.807) is 13.0 Å². The van der Waals surface area contributed by atoms with Gasteiger partial charge in [0.2, 0.25) is 0 Å². The Hall–Kier alpha value is -3.75. The number of nitrogens with two attached hydrogens (primary N) is 1. The lowest BCUT2D eigenvalue weighted by Gasteiger charge is -2.18. The second-order valence-electron chi connectivity index (χ2n) is 5.69. The Morgan fingerprint density at radius 2 is 1.85 bits per heavy atom. The summed E-state index contributed by atoms with van der Waals surface area (Å²) in [5.41, 5.74) is 3.64. The molecule has 0 aliphatic rings. The lowest BCUT2D eigenvalue weighted by Crippen LogP contribution is -2.24. The minimum atomic E-state index is -1.61. The van der Waals surface area contributed by atoms with Crippen LogP contribution in [0.3, 0.4) is 0 Å². The molecule has 0 spiro atoms. The SMILES string of the molecule is C=C(C)COc1c(OC)cccc1-c1c(C(=O)O)c(N)[nH]c(=O)c1C(=O)O. The second-order valence-corrected chi connectivity index (χ2v) is 5.69. The average molecular weight is 374 g/mol. The maximum Gasteiger partial charge on any atom is 0.342 e. The molecule has 5 N–H and O–H groups in total. The van der Waals surface area contributed by atoms with Crippen LogP contribution in [0.5, 0.6) is 11.5 Å². The number of aromatic carboxylic acids is 2. The van der Waals surface area contributed by atoms with E-state index in [4.69, 9.17) is 15.2 Å². The topological polar surface area (TPSA) is 152 Å². The zero-order chi connectivity index (χ0) is 20.3. The molecule has 9 nitrogen and oxygen atoms in total. The molecule has 0 aliphatic heterocycles. The number of carbonyl (C=O) groups is 2. The van der Waals surface area contributed by atoms with Crippen molar-refractivity contribution in [3.63, 3.8) is 0 Å². The summed E-state index contributed by atoms with van der Waals surface area (Å²) in [6, 6.07) is 4.48. The van der Waals surface area contributed by atoms with Crippen molar-refractivity contribution in [2.45, 2.75) is 6.92 Å². The third-order valence-electron chi connectivity index (χ3n) is 3.60. The van der Waals surface area contributed by atoms with Crippen molar-refractivity contribution < 1.29 is 29.3 Å². The number of benzene rings is 1. The van der Waals surface area contributed by atoms with E-state index < -0.39 is 34.4 Å². The summed E-state index contributed by atoms with van der Waals surface area (Å²) in [6.07, 6.45) is 0. The van der Waals surface area contributed by atoms with E-state index in [9.17, 15) is 24.6 Å². The summed E-state index contributed by atoms with van der Waals surface area (Å²) >= 11 is 0. The number of hydrogen-bond donors (Lipinski definition) is 4.